The summed E-state index contributed by atoms with van der Waals surface area (Å²) in [4.78, 5) is 19.7. The van der Waals surface area contributed by atoms with Gasteiger partial charge < -0.3 is 10.2 Å². The molecule has 1 unspecified atom stereocenters. The third-order valence-electron chi connectivity index (χ3n) is 2.51. The molecule has 1 aliphatic rings. The van der Waals surface area contributed by atoms with Crippen molar-refractivity contribution in [1.29, 1.82) is 0 Å². The van der Waals surface area contributed by atoms with Gasteiger partial charge >= 0.3 is 11.9 Å². The van der Waals surface area contributed by atoms with Crippen molar-refractivity contribution in [2.24, 2.45) is 5.92 Å². The minimum absolute atomic E-state index is 0. The fraction of sp³-hybridized carbons (Fsp3) is 0.375. The molecule has 5 heteroatoms. The molecular weight excluding hydrogens is 288 g/mol. The van der Waals surface area contributed by atoms with Crippen molar-refractivity contribution >= 4 is 25.4 Å². The molecule has 0 amide bonds. The highest BCUT2D eigenvalue weighted by Gasteiger charge is 2.18. The first-order valence-electron chi connectivity index (χ1n) is 6.26. The van der Waals surface area contributed by atoms with E-state index >= 15 is 0 Å². The fourth-order valence-electron chi connectivity index (χ4n) is 1.19. The molecule has 21 heavy (non-hydrogen) atoms. The second kappa shape index (κ2) is 14.7. The molecule has 0 aliphatic heterocycles. The van der Waals surface area contributed by atoms with Gasteiger partial charge in [-0.05, 0) is 33.1 Å². The summed E-state index contributed by atoms with van der Waals surface area (Å²) in [5.41, 5.74) is 2.35. The molecule has 0 aromatic carbocycles. The Morgan fingerprint density at radius 3 is 1.90 bits per heavy atom. The molecule has 0 heterocycles. The monoisotopic (exact) mass is 314 g/mol. The van der Waals surface area contributed by atoms with E-state index in [0.29, 0.717) is 0 Å². The van der Waals surface area contributed by atoms with Crippen LogP contribution < -0.4 is 0 Å². The molecule has 0 fully saturated rings. The maximum atomic E-state index is 10.4. The average molecular weight is 314 g/mol. The number of carboxylic acids is 2. The van der Waals surface area contributed by atoms with Crippen LogP contribution in [0.4, 0.5) is 0 Å². The highest BCUT2D eigenvalue weighted by atomic mass is 32.1. The summed E-state index contributed by atoms with van der Waals surface area (Å²) in [7, 11) is 0. The summed E-state index contributed by atoms with van der Waals surface area (Å²) in [5.74, 6) is -1.75. The Balaban J connectivity index is -0.000000254. The topological polar surface area (TPSA) is 74.6 Å². The van der Waals surface area contributed by atoms with Gasteiger partial charge in [-0.3, -0.25) is 4.79 Å². The molecule has 1 atom stereocenters. The third-order valence-corrected chi connectivity index (χ3v) is 2.51. The minimum Gasteiger partial charge on any atom is -0.481 e. The van der Waals surface area contributed by atoms with Gasteiger partial charge in [0.1, 0.15) is 0 Å². The number of hydrogen-bond acceptors (Lipinski definition) is 2. The predicted octanol–water partition coefficient (Wildman–Crippen LogP) is 3.94. The molecule has 0 aromatic rings. The highest BCUT2D eigenvalue weighted by molar-refractivity contribution is 7.59. The van der Waals surface area contributed by atoms with Crippen molar-refractivity contribution in [2.75, 3.05) is 0 Å². The highest BCUT2D eigenvalue weighted by Crippen LogP contribution is 2.22. The van der Waals surface area contributed by atoms with Crippen LogP contribution in [0, 0.1) is 5.92 Å². The Morgan fingerprint density at radius 2 is 1.71 bits per heavy atom. The Bertz CT molecular complexity index is 379. The van der Waals surface area contributed by atoms with Crippen molar-refractivity contribution in [3.63, 3.8) is 0 Å². The number of carboxylic acid groups (broad SMARTS) is 2. The summed E-state index contributed by atoms with van der Waals surface area (Å²) >= 11 is 0. The maximum absolute atomic E-state index is 10.4. The van der Waals surface area contributed by atoms with E-state index in [1.807, 2.05) is 13.0 Å². The first kappa shape index (κ1) is 24.3. The van der Waals surface area contributed by atoms with Gasteiger partial charge in [0.05, 0.1) is 5.92 Å². The first-order chi connectivity index (χ1) is 9.24. The van der Waals surface area contributed by atoms with Gasteiger partial charge in [-0.2, -0.15) is 13.5 Å². The van der Waals surface area contributed by atoms with Crippen molar-refractivity contribution < 1.29 is 19.8 Å². The molecule has 0 spiro atoms. The van der Waals surface area contributed by atoms with Gasteiger partial charge in [-0.25, -0.2) is 4.79 Å². The predicted molar refractivity (Wildman–Crippen MR) is 92.0 cm³/mol. The SMILES string of the molecule is C=CC(=C)C.C=CC(=O)O.CC1=CCC(C(=O)O)CC1.S. The number of hydrogen-bond donors (Lipinski definition) is 2. The van der Waals surface area contributed by atoms with Gasteiger partial charge in [-0.1, -0.05) is 43.0 Å². The van der Waals surface area contributed by atoms with E-state index in [1.165, 1.54) is 5.57 Å². The molecule has 0 radical (unpaired) electrons. The zero-order chi connectivity index (χ0) is 16.1. The summed E-state index contributed by atoms with van der Waals surface area (Å²) in [5, 5.41) is 16.2. The molecule has 1 rings (SSSR count). The Kier molecular flexibility index (Phi) is 16.9. The number of carbonyl (C=O) groups is 2. The number of rotatable bonds is 3. The first-order valence-corrected chi connectivity index (χ1v) is 6.26. The van der Waals surface area contributed by atoms with E-state index in [1.54, 1.807) is 6.08 Å². The van der Waals surface area contributed by atoms with Crippen LogP contribution in [0.1, 0.15) is 33.1 Å². The number of aliphatic carboxylic acids is 2. The van der Waals surface area contributed by atoms with Gasteiger partial charge in [0, 0.05) is 6.08 Å². The fourth-order valence-corrected chi connectivity index (χ4v) is 1.19. The molecule has 2 N–H and O–H groups in total. The van der Waals surface area contributed by atoms with Crippen molar-refractivity contribution in [2.45, 2.75) is 33.1 Å². The molecule has 0 bridgehead atoms. The standard InChI is InChI=1S/C8H12O2.C5H8.C3H4O2.H2S/c1-6-2-4-7(5-3-6)8(9)10;1-4-5(2)3;1-2-3(4)5;/h2,7H,3-5H2,1H3,(H,9,10);4H,1-2H2,3H3;2H,1H2,(H,4,5);1H2. The molecule has 0 saturated heterocycles. The van der Waals surface area contributed by atoms with Gasteiger partial charge in [0.2, 0.25) is 0 Å². The molecular formula is C16H26O4S. The van der Waals surface area contributed by atoms with Crippen LogP contribution in [0.3, 0.4) is 0 Å². The minimum atomic E-state index is -0.981. The Labute approximate surface area is 134 Å². The Hall–Kier alpha value is -1.75. The lowest BCUT2D eigenvalue weighted by molar-refractivity contribution is -0.142. The summed E-state index contributed by atoms with van der Waals surface area (Å²) in [6.07, 6.45) is 7.08. The smallest absolute Gasteiger partial charge is 0.327 e. The molecule has 0 aromatic heterocycles. The van der Waals surface area contributed by atoms with Crippen LogP contribution in [-0.2, 0) is 9.59 Å². The van der Waals surface area contributed by atoms with E-state index in [2.05, 4.69) is 26.7 Å². The van der Waals surface area contributed by atoms with E-state index < -0.39 is 11.9 Å². The van der Waals surface area contributed by atoms with E-state index in [-0.39, 0.29) is 19.4 Å². The molecule has 0 saturated carbocycles. The summed E-state index contributed by atoms with van der Waals surface area (Å²) in [6.45, 7) is 13.9. The van der Waals surface area contributed by atoms with Crippen LogP contribution in [0.5, 0.6) is 0 Å². The lowest BCUT2D eigenvalue weighted by Crippen LogP contribution is -2.15. The van der Waals surface area contributed by atoms with Crippen molar-refractivity contribution in [1.82, 2.24) is 0 Å². The van der Waals surface area contributed by atoms with Crippen molar-refractivity contribution in [3.8, 4) is 0 Å². The number of allylic oxidation sites excluding steroid dienone is 4. The molecule has 1 aliphatic carbocycles. The van der Waals surface area contributed by atoms with Gasteiger partial charge in [-0.15, -0.1) is 0 Å². The van der Waals surface area contributed by atoms with Crippen LogP contribution in [0.25, 0.3) is 0 Å². The largest absolute Gasteiger partial charge is 0.481 e. The third kappa shape index (κ3) is 18.2. The van der Waals surface area contributed by atoms with Crippen LogP contribution in [-0.4, -0.2) is 22.2 Å². The van der Waals surface area contributed by atoms with Crippen molar-refractivity contribution in [3.05, 3.63) is 49.1 Å². The quantitative estimate of drug-likeness (QED) is 0.470. The second-order valence-electron chi connectivity index (χ2n) is 4.45. The Morgan fingerprint density at radius 1 is 1.29 bits per heavy atom. The normalized spacial score (nSPS) is 15.3. The van der Waals surface area contributed by atoms with Crippen LogP contribution in [0.2, 0.25) is 0 Å². The average Bonchev–Trinajstić information content (AvgIpc) is 2.40. The lowest BCUT2D eigenvalue weighted by atomic mass is 9.90. The molecule has 4 nitrogen and oxygen atoms in total. The van der Waals surface area contributed by atoms with Crippen LogP contribution in [0.15, 0.2) is 49.1 Å². The van der Waals surface area contributed by atoms with E-state index in [0.717, 1.165) is 30.9 Å². The second-order valence-corrected chi connectivity index (χ2v) is 4.45. The lowest BCUT2D eigenvalue weighted by Gasteiger charge is -2.15. The van der Waals surface area contributed by atoms with Gasteiger partial charge in [0.25, 0.3) is 0 Å². The van der Waals surface area contributed by atoms with Crippen LogP contribution >= 0.6 is 13.5 Å². The molecule has 120 valence electrons. The zero-order valence-corrected chi connectivity index (χ0v) is 13.8. The van der Waals surface area contributed by atoms with Gasteiger partial charge in [0.15, 0.2) is 0 Å². The zero-order valence-electron chi connectivity index (χ0n) is 12.8. The summed E-state index contributed by atoms with van der Waals surface area (Å²) in [6, 6.07) is 0. The van der Waals surface area contributed by atoms with E-state index in [9.17, 15) is 9.59 Å². The summed E-state index contributed by atoms with van der Waals surface area (Å²) < 4.78 is 0. The van der Waals surface area contributed by atoms with E-state index in [4.69, 9.17) is 10.2 Å². The maximum Gasteiger partial charge on any atom is 0.327 e.